The molecule has 1 heterocycles. The zero-order valence-corrected chi connectivity index (χ0v) is 16.9. The average Bonchev–Trinajstić information content (AvgIpc) is 3.00. The van der Waals surface area contributed by atoms with E-state index in [-0.39, 0.29) is 23.9 Å². The Labute approximate surface area is 173 Å². The Morgan fingerprint density at radius 3 is 2.30 bits per heavy atom. The molecule has 5 aliphatic rings. The van der Waals surface area contributed by atoms with E-state index in [2.05, 4.69) is 4.74 Å². The molecule has 5 nitrogen and oxygen atoms in total. The molecule has 1 aliphatic heterocycles. The van der Waals surface area contributed by atoms with Crippen molar-refractivity contribution < 1.29 is 27.8 Å². The van der Waals surface area contributed by atoms with Crippen LogP contribution in [0.25, 0.3) is 0 Å². The summed E-state index contributed by atoms with van der Waals surface area (Å²) < 4.78 is 41.0. The van der Waals surface area contributed by atoms with Crippen LogP contribution >= 0.6 is 0 Å². The first-order chi connectivity index (χ1) is 14.1. The normalized spacial score (nSPS) is 36.5. The third-order valence-electron chi connectivity index (χ3n) is 7.69. The number of nitrogens with zero attached hydrogens (tertiary/aromatic N) is 2. The zero-order valence-electron chi connectivity index (χ0n) is 16.9. The Hall–Kier alpha value is -1.96. The topological polar surface area (TPSA) is 53.0 Å². The number of alkyl halides is 3. The van der Waals surface area contributed by atoms with Crippen molar-refractivity contribution in [1.29, 1.82) is 0 Å². The van der Waals surface area contributed by atoms with Crippen molar-refractivity contribution in [2.75, 3.05) is 13.1 Å². The fourth-order valence-electron chi connectivity index (χ4n) is 6.80. The average molecular weight is 424 g/mol. The largest absolute Gasteiger partial charge is 0.573 e. The number of rotatable bonds is 4. The summed E-state index contributed by atoms with van der Waals surface area (Å²) in [6.45, 7) is 3.17. The lowest BCUT2D eigenvalue weighted by molar-refractivity contribution is -0.274. The molecule has 2 amide bonds. The lowest BCUT2D eigenvalue weighted by Crippen LogP contribution is -2.62. The van der Waals surface area contributed by atoms with E-state index in [1.54, 1.807) is 17.0 Å². The highest BCUT2D eigenvalue weighted by atomic mass is 19.4. The summed E-state index contributed by atoms with van der Waals surface area (Å²) in [6.07, 6.45) is -0.00940. The minimum absolute atomic E-state index is 0.00239. The molecule has 4 bridgehead atoms. The van der Waals surface area contributed by atoms with Crippen molar-refractivity contribution in [2.24, 2.45) is 17.8 Å². The van der Waals surface area contributed by atoms with E-state index >= 15 is 0 Å². The van der Waals surface area contributed by atoms with Gasteiger partial charge in [0, 0.05) is 19.1 Å². The van der Waals surface area contributed by atoms with Gasteiger partial charge in [-0.1, -0.05) is 12.1 Å². The van der Waals surface area contributed by atoms with E-state index in [1.807, 2.05) is 11.8 Å². The number of halogens is 3. The van der Waals surface area contributed by atoms with Crippen LogP contribution in [0.3, 0.4) is 0 Å². The van der Waals surface area contributed by atoms with Gasteiger partial charge < -0.3 is 19.6 Å². The van der Waals surface area contributed by atoms with E-state index in [4.69, 9.17) is 0 Å². The van der Waals surface area contributed by atoms with Gasteiger partial charge in [0.15, 0.2) is 0 Å². The van der Waals surface area contributed by atoms with E-state index in [0.29, 0.717) is 30.8 Å². The fraction of sp³-hybridized carbons (Fsp3) is 0.682. The molecule has 2 unspecified atom stereocenters. The van der Waals surface area contributed by atoms with Crippen LogP contribution in [0.5, 0.6) is 5.75 Å². The number of aliphatic hydroxyl groups is 1. The summed E-state index contributed by atoms with van der Waals surface area (Å²) in [7, 11) is 0. The molecule has 1 saturated heterocycles. The van der Waals surface area contributed by atoms with Gasteiger partial charge in [0.05, 0.1) is 11.6 Å². The summed E-state index contributed by atoms with van der Waals surface area (Å²) in [6, 6.07) is 5.71. The van der Waals surface area contributed by atoms with Gasteiger partial charge in [0.1, 0.15) is 5.75 Å². The number of hydrogen-bond donors (Lipinski definition) is 1. The smallest absolute Gasteiger partial charge is 0.406 e. The van der Waals surface area contributed by atoms with E-state index in [0.717, 1.165) is 37.7 Å². The Morgan fingerprint density at radius 1 is 1.10 bits per heavy atom. The lowest BCUT2D eigenvalue weighted by atomic mass is 9.52. The van der Waals surface area contributed by atoms with Crippen LogP contribution in [-0.2, 0) is 0 Å². The number of carbonyl (C=O) groups is 1. The number of urea groups is 1. The van der Waals surface area contributed by atoms with Gasteiger partial charge >= 0.3 is 12.4 Å². The quantitative estimate of drug-likeness (QED) is 0.783. The first-order valence-electron chi connectivity index (χ1n) is 10.8. The van der Waals surface area contributed by atoms with Gasteiger partial charge in [0.25, 0.3) is 0 Å². The van der Waals surface area contributed by atoms with Crippen molar-refractivity contribution in [3.8, 4) is 5.75 Å². The van der Waals surface area contributed by atoms with Crippen molar-refractivity contribution in [3.63, 3.8) is 0 Å². The molecule has 3 atom stereocenters. The Morgan fingerprint density at radius 2 is 1.73 bits per heavy atom. The molecule has 6 rings (SSSR count). The fourth-order valence-corrected chi connectivity index (χ4v) is 6.80. The second kappa shape index (κ2) is 6.77. The summed E-state index contributed by atoms with van der Waals surface area (Å²) in [5.41, 5.74) is 0.252. The molecule has 0 radical (unpaired) electrons. The molecule has 4 aliphatic carbocycles. The Balaban J connectivity index is 1.28. The predicted octanol–water partition coefficient (Wildman–Crippen LogP) is 4.32. The Kier molecular flexibility index (Phi) is 4.51. The molecule has 5 fully saturated rings. The number of ether oxygens (including phenoxy) is 1. The molecule has 0 spiro atoms. The maximum absolute atomic E-state index is 13.3. The number of benzene rings is 1. The molecule has 30 heavy (non-hydrogen) atoms. The summed E-state index contributed by atoms with van der Waals surface area (Å²) in [4.78, 5) is 17.1. The minimum Gasteiger partial charge on any atom is -0.406 e. The molecule has 1 aromatic rings. The van der Waals surface area contributed by atoms with E-state index in [1.165, 1.54) is 12.1 Å². The third kappa shape index (κ3) is 3.43. The van der Waals surface area contributed by atoms with Crippen LogP contribution < -0.4 is 4.74 Å². The third-order valence-corrected chi connectivity index (χ3v) is 7.69. The van der Waals surface area contributed by atoms with Crippen molar-refractivity contribution >= 4 is 6.03 Å². The number of hydrogen-bond acceptors (Lipinski definition) is 3. The second-order valence-corrected chi connectivity index (χ2v) is 9.65. The molecule has 164 valence electrons. The monoisotopic (exact) mass is 424 g/mol. The summed E-state index contributed by atoms with van der Waals surface area (Å²) in [5.74, 6) is 1.08. The summed E-state index contributed by atoms with van der Waals surface area (Å²) in [5, 5.41) is 10.8. The van der Waals surface area contributed by atoms with Crippen molar-refractivity contribution in [1.82, 2.24) is 9.80 Å². The highest BCUT2D eigenvalue weighted by molar-refractivity contribution is 5.77. The van der Waals surface area contributed by atoms with Gasteiger partial charge in [-0.25, -0.2) is 4.79 Å². The van der Waals surface area contributed by atoms with Crippen LogP contribution in [0.15, 0.2) is 24.3 Å². The molecule has 1 aromatic carbocycles. The van der Waals surface area contributed by atoms with Gasteiger partial charge in [-0.05, 0) is 74.5 Å². The highest BCUT2D eigenvalue weighted by Crippen LogP contribution is 2.57. The molecular weight excluding hydrogens is 397 g/mol. The van der Waals surface area contributed by atoms with Gasteiger partial charge in [-0.2, -0.15) is 0 Å². The lowest BCUT2D eigenvalue weighted by Gasteiger charge is -2.59. The first kappa shape index (κ1) is 20.0. The molecule has 0 aromatic heterocycles. The number of amides is 2. The van der Waals surface area contributed by atoms with Crippen LogP contribution in [0.2, 0.25) is 0 Å². The molecular formula is C22H27F3N2O3. The van der Waals surface area contributed by atoms with E-state index < -0.39 is 12.0 Å². The first-order valence-corrected chi connectivity index (χ1v) is 10.8. The van der Waals surface area contributed by atoms with Gasteiger partial charge in [-0.15, -0.1) is 13.2 Å². The predicted molar refractivity (Wildman–Crippen MR) is 103 cm³/mol. The maximum atomic E-state index is 13.3. The standard InChI is InChI=1S/C22H27F3N2O3/c1-13(15-2-4-18(5-3-15)30-22(23,24)25)26-6-7-27(20(26)28)19-16-8-14-9-17(19)12-21(29,10-14)11-16/h2-5,13-14,16-17,19,29H,6-12H2,1H3/t13-,14?,16?,17?,19?,21?/m0/s1. The molecule has 1 N–H and O–H groups in total. The molecule has 8 heteroatoms. The van der Waals surface area contributed by atoms with Gasteiger partial charge in [0.2, 0.25) is 0 Å². The van der Waals surface area contributed by atoms with Crippen LogP contribution in [0.1, 0.15) is 50.6 Å². The number of carbonyl (C=O) groups excluding carboxylic acids is 1. The highest BCUT2D eigenvalue weighted by Gasteiger charge is 2.57. The summed E-state index contributed by atoms with van der Waals surface area (Å²) >= 11 is 0. The zero-order chi connectivity index (χ0) is 21.3. The van der Waals surface area contributed by atoms with Crippen molar-refractivity contribution in [2.45, 2.75) is 63.1 Å². The second-order valence-electron chi connectivity index (χ2n) is 9.65. The maximum Gasteiger partial charge on any atom is 0.573 e. The Bertz CT molecular complexity index is 812. The van der Waals surface area contributed by atoms with Crippen LogP contribution in [0, 0.1) is 17.8 Å². The molecule has 4 saturated carbocycles. The SMILES string of the molecule is C[C@@H](c1ccc(OC(F)(F)F)cc1)N1CCN(C2C3CC4CC2CC(O)(C4)C3)C1=O. The van der Waals surface area contributed by atoms with Crippen LogP contribution in [0.4, 0.5) is 18.0 Å². The van der Waals surface area contributed by atoms with Crippen molar-refractivity contribution in [3.05, 3.63) is 29.8 Å². The minimum atomic E-state index is -4.72. The van der Waals surface area contributed by atoms with Gasteiger partial charge in [-0.3, -0.25) is 0 Å². The van der Waals surface area contributed by atoms with Crippen LogP contribution in [-0.4, -0.2) is 52.0 Å². The van der Waals surface area contributed by atoms with E-state index in [9.17, 15) is 23.1 Å².